The molecule has 1 N–H and O–H groups in total. The molecule has 4 rings (SSSR count). The van der Waals surface area contributed by atoms with E-state index in [4.69, 9.17) is 16.3 Å². The molecule has 0 radical (unpaired) electrons. The van der Waals surface area contributed by atoms with Crippen LogP contribution in [0.25, 0.3) is 5.76 Å². The number of anilines is 1. The zero-order valence-electron chi connectivity index (χ0n) is 18.2. The Morgan fingerprint density at radius 3 is 2.41 bits per heavy atom. The molecule has 0 aliphatic carbocycles. The Morgan fingerprint density at radius 2 is 1.79 bits per heavy atom. The Hall–Kier alpha value is -4.17. The molecule has 0 bridgehead atoms. The van der Waals surface area contributed by atoms with E-state index in [1.807, 2.05) is 6.92 Å². The van der Waals surface area contributed by atoms with E-state index in [-0.39, 0.29) is 16.8 Å². The molecule has 9 heteroatoms. The number of aliphatic hydroxyl groups excluding tert-OH is 1. The number of halogens is 1. The second-order valence-electron chi connectivity index (χ2n) is 7.68. The second kappa shape index (κ2) is 8.99. The van der Waals surface area contributed by atoms with E-state index >= 15 is 0 Å². The van der Waals surface area contributed by atoms with Crippen LogP contribution in [0.2, 0.25) is 5.02 Å². The van der Waals surface area contributed by atoms with Crippen molar-refractivity contribution in [2.24, 2.45) is 0 Å². The van der Waals surface area contributed by atoms with Crippen molar-refractivity contribution < 1.29 is 24.4 Å². The molecular weight excluding hydrogens is 460 g/mol. The number of nitrogens with zero attached hydrogens (tertiary/aromatic N) is 2. The summed E-state index contributed by atoms with van der Waals surface area (Å²) in [4.78, 5) is 38.2. The summed E-state index contributed by atoms with van der Waals surface area (Å²) in [6.07, 6.45) is 0. The molecule has 3 aromatic carbocycles. The van der Waals surface area contributed by atoms with Crippen LogP contribution in [0.15, 0.2) is 72.3 Å². The van der Waals surface area contributed by atoms with Gasteiger partial charge in [0, 0.05) is 28.4 Å². The summed E-state index contributed by atoms with van der Waals surface area (Å²) in [7, 11) is 1.51. The Kier molecular flexibility index (Phi) is 6.08. The van der Waals surface area contributed by atoms with Crippen LogP contribution < -0.4 is 9.64 Å². The van der Waals surface area contributed by atoms with Gasteiger partial charge in [-0.2, -0.15) is 0 Å². The van der Waals surface area contributed by atoms with Crippen molar-refractivity contribution in [2.75, 3.05) is 12.0 Å². The third-order valence-corrected chi connectivity index (χ3v) is 6.05. The van der Waals surface area contributed by atoms with E-state index in [0.717, 1.165) is 11.6 Å². The molecule has 1 unspecified atom stereocenters. The highest BCUT2D eigenvalue weighted by Crippen LogP contribution is 2.43. The summed E-state index contributed by atoms with van der Waals surface area (Å²) < 4.78 is 5.20. The Balaban J connectivity index is 1.95. The fraction of sp³-hybridized carbons (Fsp3) is 0.120. The van der Waals surface area contributed by atoms with E-state index in [2.05, 4.69) is 0 Å². The van der Waals surface area contributed by atoms with Gasteiger partial charge in [-0.15, -0.1) is 0 Å². The number of nitro groups is 1. The van der Waals surface area contributed by atoms with Gasteiger partial charge in [-0.25, -0.2) is 0 Å². The van der Waals surface area contributed by atoms with Crippen molar-refractivity contribution in [3.8, 4) is 5.75 Å². The number of hydrogen-bond donors (Lipinski definition) is 1. The lowest BCUT2D eigenvalue weighted by molar-refractivity contribution is -0.384. The first kappa shape index (κ1) is 23.0. The van der Waals surface area contributed by atoms with Gasteiger partial charge in [-0.3, -0.25) is 24.6 Å². The highest BCUT2D eigenvalue weighted by molar-refractivity contribution is 6.51. The fourth-order valence-electron chi connectivity index (χ4n) is 3.85. The molecule has 0 aromatic heterocycles. The quantitative estimate of drug-likeness (QED) is 0.177. The largest absolute Gasteiger partial charge is 0.507 e. The van der Waals surface area contributed by atoms with Crippen LogP contribution in [0, 0.1) is 17.0 Å². The molecule has 34 heavy (non-hydrogen) atoms. The number of rotatable bonds is 5. The van der Waals surface area contributed by atoms with Gasteiger partial charge in [0.15, 0.2) is 0 Å². The van der Waals surface area contributed by atoms with Crippen molar-refractivity contribution >= 4 is 40.4 Å². The Morgan fingerprint density at radius 1 is 1.09 bits per heavy atom. The highest BCUT2D eigenvalue weighted by atomic mass is 35.5. The van der Waals surface area contributed by atoms with E-state index in [1.54, 1.807) is 42.5 Å². The number of carbonyl (C=O) groups is 2. The summed E-state index contributed by atoms with van der Waals surface area (Å²) in [5, 5.41) is 22.7. The number of ketones is 1. The van der Waals surface area contributed by atoms with Crippen LogP contribution in [0.4, 0.5) is 11.4 Å². The molecule has 1 aliphatic heterocycles. The number of benzene rings is 3. The van der Waals surface area contributed by atoms with E-state index in [0.29, 0.717) is 22.0 Å². The maximum atomic E-state index is 13.2. The lowest BCUT2D eigenvalue weighted by Gasteiger charge is -2.26. The normalized spacial score (nSPS) is 17.1. The van der Waals surface area contributed by atoms with Crippen LogP contribution in [0.1, 0.15) is 22.7 Å². The molecular formula is C25H19ClN2O6. The van der Waals surface area contributed by atoms with E-state index < -0.39 is 28.4 Å². The number of non-ortho nitro benzene ring substituents is 1. The minimum Gasteiger partial charge on any atom is -0.507 e. The fourth-order valence-corrected chi connectivity index (χ4v) is 4.03. The number of amides is 1. The molecule has 1 saturated heterocycles. The molecule has 1 amide bonds. The SMILES string of the molecule is COc1ccc(C2/C(=C(\O)c3cccc([N+](=O)[O-])c3)C(=O)C(=O)N2c2ccc(C)c(Cl)c2)cc1. The topological polar surface area (TPSA) is 110 Å². The van der Waals surface area contributed by atoms with Crippen molar-refractivity contribution in [3.05, 3.63) is 104 Å². The van der Waals surface area contributed by atoms with Crippen molar-refractivity contribution in [2.45, 2.75) is 13.0 Å². The minimum absolute atomic E-state index is 0.0488. The van der Waals surface area contributed by atoms with Crippen LogP contribution in [0.5, 0.6) is 5.75 Å². The Labute approximate surface area is 199 Å². The predicted molar refractivity (Wildman–Crippen MR) is 127 cm³/mol. The Bertz CT molecular complexity index is 1350. The molecule has 172 valence electrons. The van der Waals surface area contributed by atoms with Crippen molar-refractivity contribution in [3.63, 3.8) is 0 Å². The zero-order valence-corrected chi connectivity index (χ0v) is 18.9. The van der Waals surface area contributed by atoms with E-state index in [1.165, 1.54) is 30.2 Å². The standard InChI is InChI=1S/C25H19ClN2O6/c1-14-6-9-17(13-20(14)26)27-22(15-7-10-19(34-2)11-8-15)21(24(30)25(27)31)23(29)16-4-3-5-18(12-16)28(32)33/h3-13,22,29H,1-2H3/b23-21+. The number of nitro benzene ring substituents is 1. The van der Waals surface area contributed by atoms with Crippen molar-refractivity contribution in [1.82, 2.24) is 0 Å². The average Bonchev–Trinajstić information content (AvgIpc) is 3.11. The summed E-state index contributed by atoms with van der Waals surface area (Å²) in [6.45, 7) is 1.81. The number of ether oxygens (including phenoxy) is 1. The first-order valence-corrected chi connectivity index (χ1v) is 10.6. The minimum atomic E-state index is -0.996. The first-order chi connectivity index (χ1) is 16.2. The third-order valence-electron chi connectivity index (χ3n) is 5.64. The highest BCUT2D eigenvalue weighted by Gasteiger charge is 2.47. The van der Waals surface area contributed by atoms with Gasteiger partial charge in [0.2, 0.25) is 0 Å². The number of carbonyl (C=O) groups excluding carboxylic acids is 2. The molecule has 3 aromatic rings. The number of aryl methyl sites for hydroxylation is 1. The van der Waals surface area contributed by atoms with Gasteiger partial charge >= 0.3 is 0 Å². The van der Waals surface area contributed by atoms with E-state index in [9.17, 15) is 24.8 Å². The summed E-state index contributed by atoms with van der Waals surface area (Å²) in [5.74, 6) is -1.71. The monoisotopic (exact) mass is 478 g/mol. The van der Waals surface area contributed by atoms with Gasteiger partial charge in [0.05, 0.1) is 23.6 Å². The van der Waals surface area contributed by atoms with Crippen LogP contribution in [-0.2, 0) is 9.59 Å². The van der Waals surface area contributed by atoms with Crippen LogP contribution in [-0.4, -0.2) is 28.8 Å². The van der Waals surface area contributed by atoms with Crippen LogP contribution >= 0.6 is 11.6 Å². The summed E-state index contributed by atoms with van der Waals surface area (Å²) in [5.41, 5.74) is 1.30. The molecule has 1 fully saturated rings. The summed E-state index contributed by atoms with van der Waals surface area (Å²) in [6, 6.07) is 15.9. The van der Waals surface area contributed by atoms with Crippen LogP contribution in [0.3, 0.4) is 0 Å². The van der Waals surface area contributed by atoms with Gasteiger partial charge < -0.3 is 9.84 Å². The molecule has 1 atom stereocenters. The zero-order chi connectivity index (χ0) is 24.6. The van der Waals surface area contributed by atoms with Gasteiger partial charge in [0.25, 0.3) is 17.4 Å². The molecule has 1 aliphatic rings. The number of Topliss-reactive ketones (excluding diaryl/α,β-unsaturated/α-hetero) is 1. The number of hydrogen-bond acceptors (Lipinski definition) is 6. The van der Waals surface area contributed by atoms with Gasteiger partial charge in [0.1, 0.15) is 11.5 Å². The maximum absolute atomic E-state index is 13.2. The van der Waals surface area contributed by atoms with Crippen molar-refractivity contribution in [1.29, 1.82) is 0 Å². The average molecular weight is 479 g/mol. The molecule has 1 heterocycles. The molecule has 0 saturated carbocycles. The summed E-state index contributed by atoms with van der Waals surface area (Å²) >= 11 is 6.29. The lowest BCUT2D eigenvalue weighted by atomic mass is 9.95. The first-order valence-electron chi connectivity index (χ1n) is 10.2. The maximum Gasteiger partial charge on any atom is 0.300 e. The number of aliphatic hydroxyl groups is 1. The number of methoxy groups -OCH3 is 1. The smallest absolute Gasteiger partial charge is 0.300 e. The third kappa shape index (κ3) is 3.99. The molecule has 8 nitrogen and oxygen atoms in total. The van der Waals surface area contributed by atoms with Gasteiger partial charge in [-0.1, -0.05) is 41.9 Å². The van der Waals surface area contributed by atoms with Gasteiger partial charge in [-0.05, 0) is 42.3 Å². The second-order valence-corrected chi connectivity index (χ2v) is 8.09. The lowest BCUT2D eigenvalue weighted by Crippen LogP contribution is -2.29. The predicted octanol–water partition coefficient (Wildman–Crippen LogP) is 5.19. The molecule has 0 spiro atoms.